The Bertz CT molecular complexity index is 809. The second-order valence-electron chi connectivity index (χ2n) is 8.79. The summed E-state index contributed by atoms with van der Waals surface area (Å²) in [7, 11) is 0. The molecule has 0 atom stereocenters. The van der Waals surface area contributed by atoms with Crippen molar-refractivity contribution in [2.75, 3.05) is 32.7 Å². The molecule has 2 heterocycles. The Hall–Kier alpha value is -2.17. The number of carbonyl (C=O) groups excluding carboxylic acids is 1. The quantitative estimate of drug-likeness (QED) is 0.700. The highest BCUT2D eigenvalue weighted by Crippen LogP contribution is 2.20. The van der Waals surface area contributed by atoms with Crippen molar-refractivity contribution in [3.63, 3.8) is 0 Å². The third kappa shape index (κ3) is 5.93. The normalized spacial score (nSPS) is 17.9. The van der Waals surface area contributed by atoms with E-state index in [-0.39, 0.29) is 5.91 Å². The van der Waals surface area contributed by atoms with Crippen LogP contribution in [0.15, 0.2) is 48.5 Å². The first-order valence-corrected chi connectivity index (χ1v) is 11.7. The van der Waals surface area contributed by atoms with Crippen molar-refractivity contribution >= 4 is 5.91 Å². The molecule has 2 aliphatic rings. The van der Waals surface area contributed by atoms with Crippen LogP contribution < -0.4 is 5.32 Å². The smallest absolute Gasteiger partial charge is 0.251 e. The minimum atomic E-state index is 0.0457. The lowest BCUT2D eigenvalue weighted by atomic mass is 9.99. The molecular weight excluding hydrogens is 370 g/mol. The van der Waals surface area contributed by atoms with Crippen molar-refractivity contribution in [3.8, 4) is 0 Å². The van der Waals surface area contributed by atoms with Crippen LogP contribution in [-0.2, 0) is 19.5 Å². The number of likely N-dealkylation sites (tertiary alicyclic amines) is 1. The van der Waals surface area contributed by atoms with Gasteiger partial charge in [-0.15, -0.1) is 0 Å². The number of rotatable bonds is 7. The van der Waals surface area contributed by atoms with E-state index in [4.69, 9.17) is 0 Å². The van der Waals surface area contributed by atoms with E-state index >= 15 is 0 Å². The van der Waals surface area contributed by atoms with Crippen molar-refractivity contribution < 1.29 is 4.79 Å². The van der Waals surface area contributed by atoms with Gasteiger partial charge in [0.2, 0.25) is 0 Å². The summed E-state index contributed by atoms with van der Waals surface area (Å²) >= 11 is 0. The monoisotopic (exact) mass is 405 g/mol. The van der Waals surface area contributed by atoms with E-state index in [9.17, 15) is 4.79 Å². The summed E-state index contributed by atoms with van der Waals surface area (Å²) in [5.41, 5.74) is 4.96. The van der Waals surface area contributed by atoms with E-state index in [0.29, 0.717) is 0 Å². The molecule has 2 aromatic rings. The van der Waals surface area contributed by atoms with E-state index in [2.05, 4.69) is 51.5 Å². The lowest BCUT2D eigenvalue weighted by Gasteiger charge is -2.28. The van der Waals surface area contributed by atoms with Crippen LogP contribution in [0.1, 0.15) is 59.2 Å². The summed E-state index contributed by atoms with van der Waals surface area (Å²) in [4.78, 5) is 17.5. The molecule has 0 bridgehead atoms. The van der Waals surface area contributed by atoms with Crippen LogP contribution in [0.3, 0.4) is 0 Å². The summed E-state index contributed by atoms with van der Waals surface area (Å²) in [6.07, 6.45) is 7.53. The Kier molecular flexibility index (Phi) is 7.54. The standard InChI is InChI=1S/C26H35N3O/c30-26(27-15-7-18-28-16-5-1-2-6-17-28)24-12-10-22(11-13-24)20-29-19-14-23-8-3-4-9-25(23)21-29/h3-4,8-13H,1-2,5-7,14-21H2,(H,27,30). The van der Waals surface area contributed by atoms with Crippen LogP contribution in [0.4, 0.5) is 0 Å². The highest BCUT2D eigenvalue weighted by molar-refractivity contribution is 5.94. The second kappa shape index (κ2) is 10.7. The minimum absolute atomic E-state index is 0.0457. The molecular formula is C26H35N3O. The highest BCUT2D eigenvalue weighted by atomic mass is 16.1. The maximum absolute atomic E-state index is 12.5. The van der Waals surface area contributed by atoms with Gasteiger partial charge in [-0.3, -0.25) is 9.69 Å². The molecule has 30 heavy (non-hydrogen) atoms. The Balaban J connectivity index is 1.20. The molecule has 0 saturated carbocycles. The van der Waals surface area contributed by atoms with Crippen LogP contribution in [0.25, 0.3) is 0 Å². The molecule has 0 aliphatic carbocycles. The summed E-state index contributed by atoms with van der Waals surface area (Å²) in [6, 6.07) is 16.9. The number of fused-ring (bicyclic) bond motifs is 1. The fraction of sp³-hybridized carbons (Fsp3) is 0.500. The second-order valence-corrected chi connectivity index (χ2v) is 8.79. The van der Waals surface area contributed by atoms with E-state index in [1.54, 1.807) is 0 Å². The van der Waals surface area contributed by atoms with Gasteiger partial charge in [0.25, 0.3) is 5.91 Å². The van der Waals surface area contributed by atoms with Crippen LogP contribution in [-0.4, -0.2) is 48.4 Å². The number of nitrogens with one attached hydrogen (secondary N) is 1. The zero-order valence-electron chi connectivity index (χ0n) is 18.1. The molecule has 2 aliphatic heterocycles. The highest BCUT2D eigenvalue weighted by Gasteiger charge is 2.16. The number of hydrogen-bond donors (Lipinski definition) is 1. The zero-order valence-corrected chi connectivity index (χ0v) is 18.1. The molecule has 2 aromatic carbocycles. The Morgan fingerprint density at radius 1 is 0.833 bits per heavy atom. The molecule has 1 fully saturated rings. The molecule has 0 spiro atoms. The molecule has 160 valence electrons. The van der Waals surface area contributed by atoms with Crippen LogP contribution in [0.2, 0.25) is 0 Å². The van der Waals surface area contributed by atoms with Gasteiger partial charge in [-0.25, -0.2) is 0 Å². The third-order valence-electron chi connectivity index (χ3n) is 6.47. The SMILES string of the molecule is O=C(NCCCN1CCCCCC1)c1ccc(CN2CCc3ccccc3C2)cc1. The van der Waals surface area contributed by atoms with E-state index in [1.807, 2.05) is 12.1 Å². The van der Waals surface area contributed by atoms with Crippen LogP contribution in [0, 0.1) is 0 Å². The van der Waals surface area contributed by atoms with Crippen molar-refractivity contribution in [2.45, 2.75) is 51.6 Å². The Labute approximate surface area is 181 Å². The van der Waals surface area contributed by atoms with Crippen molar-refractivity contribution in [3.05, 3.63) is 70.8 Å². The lowest BCUT2D eigenvalue weighted by Crippen LogP contribution is -2.31. The first-order chi connectivity index (χ1) is 14.8. The van der Waals surface area contributed by atoms with E-state index in [1.165, 1.54) is 55.5 Å². The molecule has 0 radical (unpaired) electrons. The van der Waals surface area contributed by atoms with Gasteiger partial charge in [-0.05, 0) is 74.1 Å². The van der Waals surface area contributed by atoms with E-state index in [0.717, 1.165) is 51.1 Å². The lowest BCUT2D eigenvalue weighted by molar-refractivity contribution is 0.0951. The summed E-state index contributed by atoms with van der Waals surface area (Å²) in [6.45, 7) is 7.33. The molecule has 4 heteroatoms. The molecule has 1 amide bonds. The summed E-state index contributed by atoms with van der Waals surface area (Å²) < 4.78 is 0. The molecule has 0 unspecified atom stereocenters. The maximum atomic E-state index is 12.5. The predicted molar refractivity (Wildman–Crippen MR) is 123 cm³/mol. The minimum Gasteiger partial charge on any atom is -0.352 e. The number of nitrogens with zero attached hydrogens (tertiary/aromatic N) is 2. The largest absolute Gasteiger partial charge is 0.352 e. The van der Waals surface area contributed by atoms with Crippen LogP contribution >= 0.6 is 0 Å². The number of hydrogen-bond acceptors (Lipinski definition) is 3. The van der Waals surface area contributed by atoms with Crippen LogP contribution in [0.5, 0.6) is 0 Å². The molecule has 0 aromatic heterocycles. The fourth-order valence-corrected chi connectivity index (χ4v) is 4.68. The maximum Gasteiger partial charge on any atom is 0.251 e. The Morgan fingerprint density at radius 2 is 1.57 bits per heavy atom. The molecule has 1 saturated heterocycles. The zero-order chi connectivity index (χ0) is 20.6. The van der Waals surface area contributed by atoms with Crippen molar-refractivity contribution in [1.29, 1.82) is 0 Å². The first-order valence-electron chi connectivity index (χ1n) is 11.7. The third-order valence-corrected chi connectivity index (χ3v) is 6.47. The van der Waals surface area contributed by atoms with Gasteiger partial charge >= 0.3 is 0 Å². The van der Waals surface area contributed by atoms with Gasteiger partial charge < -0.3 is 10.2 Å². The van der Waals surface area contributed by atoms with Gasteiger partial charge in [-0.1, -0.05) is 49.2 Å². The molecule has 1 N–H and O–H groups in total. The van der Waals surface area contributed by atoms with Gasteiger partial charge in [-0.2, -0.15) is 0 Å². The van der Waals surface area contributed by atoms with Crippen molar-refractivity contribution in [1.82, 2.24) is 15.1 Å². The van der Waals surface area contributed by atoms with Gasteiger partial charge in [0, 0.05) is 31.7 Å². The van der Waals surface area contributed by atoms with Crippen molar-refractivity contribution in [2.24, 2.45) is 0 Å². The topological polar surface area (TPSA) is 35.6 Å². The van der Waals surface area contributed by atoms with Gasteiger partial charge in [0.1, 0.15) is 0 Å². The average molecular weight is 406 g/mol. The van der Waals surface area contributed by atoms with Gasteiger partial charge in [0.15, 0.2) is 0 Å². The average Bonchev–Trinajstić information content (AvgIpc) is 3.06. The fourth-order valence-electron chi connectivity index (χ4n) is 4.68. The predicted octanol–water partition coefficient (Wildman–Crippen LogP) is 4.24. The van der Waals surface area contributed by atoms with Gasteiger partial charge in [0.05, 0.1) is 0 Å². The number of amides is 1. The summed E-state index contributed by atoms with van der Waals surface area (Å²) in [5, 5.41) is 3.09. The number of carbonyl (C=O) groups is 1. The van der Waals surface area contributed by atoms with E-state index < -0.39 is 0 Å². The first kappa shape index (κ1) is 21.1. The molecule has 4 rings (SSSR count). The molecule has 4 nitrogen and oxygen atoms in total. The Morgan fingerprint density at radius 3 is 2.33 bits per heavy atom. The summed E-state index contributed by atoms with van der Waals surface area (Å²) in [5.74, 6) is 0.0457. The number of benzene rings is 2.